The third kappa shape index (κ3) is 3.27. The van der Waals surface area contributed by atoms with E-state index in [1.54, 1.807) is 0 Å². The van der Waals surface area contributed by atoms with E-state index in [9.17, 15) is 8.78 Å². The molecule has 1 heterocycles. The summed E-state index contributed by atoms with van der Waals surface area (Å²) in [6, 6.07) is 2.52. The van der Waals surface area contributed by atoms with Crippen LogP contribution in [0.2, 0.25) is 0 Å². The highest BCUT2D eigenvalue weighted by Gasteiger charge is 2.16. The molecule has 1 aromatic heterocycles. The summed E-state index contributed by atoms with van der Waals surface area (Å²) in [6.45, 7) is 4.95. The van der Waals surface area contributed by atoms with Crippen molar-refractivity contribution >= 4 is 32.6 Å². The molecule has 0 aliphatic heterocycles. The van der Waals surface area contributed by atoms with Gasteiger partial charge in [0.15, 0.2) is 17.5 Å². The maximum Gasteiger partial charge on any atom is 0.202 e. The molecule has 102 valence electrons. The molecule has 0 saturated carbocycles. The monoisotopic (exact) mass is 347 g/mol. The van der Waals surface area contributed by atoms with Gasteiger partial charge in [-0.25, -0.2) is 8.78 Å². The van der Waals surface area contributed by atoms with Gasteiger partial charge < -0.3 is 5.32 Å². The van der Waals surface area contributed by atoms with Crippen LogP contribution >= 0.6 is 27.5 Å². The lowest BCUT2D eigenvalue weighted by Gasteiger charge is -2.04. The fourth-order valence-electron chi connectivity index (χ4n) is 1.39. The number of rotatable bonds is 4. The van der Waals surface area contributed by atoms with Gasteiger partial charge in [-0.3, -0.25) is 0 Å². The Labute approximate surface area is 122 Å². The van der Waals surface area contributed by atoms with E-state index in [4.69, 9.17) is 0 Å². The van der Waals surface area contributed by atoms with E-state index in [2.05, 4.69) is 44.5 Å². The zero-order valence-corrected chi connectivity index (χ0v) is 12.8. The van der Waals surface area contributed by atoms with Crippen LogP contribution in [0.4, 0.5) is 13.9 Å². The molecule has 0 aliphatic carbocycles. The van der Waals surface area contributed by atoms with Crippen LogP contribution in [-0.2, 0) is 0 Å². The van der Waals surface area contributed by atoms with Gasteiger partial charge in [0.1, 0.15) is 0 Å². The van der Waals surface area contributed by atoms with Gasteiger partial charge in [0.05, 0.1) is 4.47 Å². The minimum atomic E-state index is -0.927. The van der Waals surface area contributed by atoms with Crippen LogP contribution in [0.25, 0.3) is 11.4 Å². The fourth-order valence-corrected chi connectivity index (χ4v) is 2.48. The highest BCUT2D eigenvalue weighted by molar-refractivity contribution is 9.10. The molecule has 0 radical (unpaired) electrons. The first-order valence-corrected chi connectivity index (χ1v) is 7.27. The normalized spacial score (nSPS) is 11.1. The molecule has 19 heavy (non-hydrogen) atoms. The molecule has 1 aromatic carbocycles. The number of hydrogen-bond acceptors (Lipinski definition) is 4. The summed E-state index contributed by atoms with van der Waals surface area (Å²) >= 11 is 4.22. The molecule has 2 rings (SSSR count). The molecule has 0 spiro atoms. The second-order valence-corrected chi connectivity index (χ2v) is 5.97. The van der Waals surface area contributed by atoms with Gasteiger partial charge in [-0.2, -0.15) is 9.36 Å². The second kappa shape index (κ2) is 5.92. The van der Waals surface area contributed by atoms with Crippen LogP contribution < -0.4 is 5.32 Å². The first-order valence-electron chi connectivity index (χ1n) is 5.70. The third-order valence-electron chi connectivity index (χ3n) is 2.36. The SMILES string of the molecule is CC(C)CNc1nc(-c2ccc(F)c(F)c2Br)ns1. The van der Waals surface area contributed by atoms with Crippen LogP contribution in [0.1, 0.15) is 13.8 Å². The maximum absolute atomic E-state index is 13.4. The van der Waals surface area contributed by atoms with Gasteiger partial charge in [-0.1, -0.05) is 13.8 Å². The van der Waals surface area contributed by atoms with Crippen LogP contribution in [0.5, 0.6) is 0 Å². The molecule has 0 atom stereocenters. The Bertz CT molecular complexity index is 586. The van der Waals surface area contributed by atoms with E-state index in [0.29, 0.717) is 22.4 Å². The summed E-state index contributed by atoms with van der Waals surface area (Å²) in [5.41, 5.74) is 0.438. The van der Waals surface area contributed by atoms with E-state index < -0.39 is 11.6 Å². The van der Waals surface area contributed by atoms with E-state index in [1.807, 2.05) is 0 Å². The van der Waals surface area contributed by atoms with Crippen molar-refractivity contribution in [2.45, 2.75) is 13.8 Å². The number of nitrogens with one attached hydrogen (secondary N) is 1. The van der Waals surface area contributed by atoms with E-state index in [1.165, 1.54) is 17.6 Å². The standard InChI is InChI=1S/C12H12BrF2N3S/c1-6(2)5-16-12-17-11(18-19-12)7-3-4-8(14)10(15)9(7)13/h3-4,6H,5H2,1-2H3,(H,16,17,18). The van der Waals surface area contributed by atoms with Gasteiger partial charge >= 0.3 is 0 Å². The number of aromatic nitrogens is 2. The average molecular weight is 348 g/mol. The lowest BCUT2D eigenvalue weighted by atomic mass is 10.2. The lowest BCUT2D eigenvalue weighted by molar-refractivity contribution is 0.504. The van der Waals surface area contributed by atoms with Crippen molar-refractivity contribution < 1.29 is 8.78 Å². The van der Waals surface area contributed by atoms with Gasteiger partial charge in [0.25, 0.3) is 0 Å². The van der Waals surface area contributed by atoms with E-state index in [0.717, 1.165) is 12.6 Å². The van der Waals surface area contributed by atoms with Crippen LogP contribution in [-0.4, -0.2) is 15.9 Å². The first kappa shape index (κ1) is 14.3. The van der Waals surface area contributed by atoms with E-state index >= 15 is 0 Å². The van der Waals surface area contributed by atoms with Crippen LogP contribution in [0.3, 0.4) is 0 Å². The van der Waals surface area contributed by atoms with Crippen molar-refractivity contribution in [1.29, 1.82) is 0 Å². The zero-order chi connectivity index (χ0) is 14.0. The molecule has 0 fully saturated rings. The Morgan fingerprint density at radius 3 is 2.79 bits per heavy atom. The Morgan fingerprint density at radius 1 is 1.37 bits per heavy atom. The van der Waals surface area contributed by atoms with Gasteiger partial charge in [-0.05, 0) is 34.0 Å². The summed E-state index contributed by atoms with van der Waals surface area (Å²) < 4.78 is 30.7. The van der Waals surface area contributed by atoms with Crippen LogP contribution in [0, 0.1) is 17.6 Å². The molecule has 0 bridgehead atoms. The molecule has 3 nitrogen and oxygen atoms in total. The number of hydrogen-bond donors (Lipinski definition) is 1. The largest absolute Gasteiger partial charge is 0.360 e. The van der Waals surface area contributed by atoms with Gasteiger partial charge in [0.2, 0.25) is 5.13 Å². The summed E-state index contributed by atoms with van der Waals surface area (Å²) in [4.78, 5) is 4.26. The Hall–Kier alpha value is -1.08. The van der Waals surface area contributed by atoms with Crippen molar-refractivity contribution in [2.75, 3.05) is 11.9 Å². The van der Waals surface area contributed by atoms with Gasteiger partial charge in [0, 0.05) is 23.6 Å². The quantitative estimate of drug-likeness (QED) is 0.837. The number of nitrogens with zero attached hydrogens (tertiary/aromatic N) is 2. The zero-order valence-electron chi connectivity index (χ0n) is 10.4. The minimum absolute atomic E-state index is 0.0423. The summed E-state index contributed by atoms with van der Waals surface area (Å²) in [5, 5.41) is 3.81. The van der Waals surface area contributed by atoms with Crippen molar-refractivity contribution in [3.05, 3.63) is 28.2 Å². The maximum atomic E-state index is 13.4. The fraction of sp³-hybridized carbons (Fsp3) is 0.333. The Balaban J connectivity index is 2.26. The smallest absolute Gasteiger partial charge is 0.202 e. The summed E-state index contributed by atoms with van der Waals surface area (Å²) in [7, 11) is 0. The molecule has 7 heteroatoms. The predicted octanol–water partition coefficient (Wildman–Crippen LogP) is 4.31. The molecule has 0 saturated heterocycles. The van der Waals surface area contributed by atoms with E-state index in [-0.39, 0.29) is 4.47 Å². The van der Waals surface area contributed by atoms with Gasteiger partial charge in [-0.15, -0.1) is 0 Å². The number of benzene rings is 1. The second-order valence-electron chi connectivity index (χ2n) is 4.42. The highest BCUT2D eigenvalue weighted by Crippen LogP contribution is 2.31. The van der Waals surface area contributed by atoms with Crippen LogP contribution in [0.15, 0.2) is 16.6 Å². The third-order valence-corrected chi connectivity index (χ3v) is 3.81. The first-order chi connectivity index (χ1) is 8.99. The average Bonchev–Trinajstić information content (AvgIpc) is 2.82. The topological polar surface area (TPSA) is 37.8 Å². The Kier molecular flexibility index (Phi) is 4.46. The molecule has 0 aliphatic rings. The van der Waals surface area contributed by atoms with Crippen molar-refractivity contribution in [3.8, 4) is 11.4 Å². The predicted molar refractivity (Wildman–Crippen MR) is 76.3 cm³/mol. The molecular formula is C12H12BrF2N3S. The number of halogens is 3. The summed E-state index contributed by atoms with van der Waals surface area (Å²) in [6.07, 6.45) is 0. The molecule has 0 amide bonds. The highest BCUT2D eigenvalue weighted by atomic mass is 79.9. The molecular weight excluding hydrogens is 336 g/mol. The Morgan fingerprint density at radius 2 is 2.11 bits per heavy atom. The van der Waals surface area contributed by atoms with Crippen molar-refractivity contribution in [2.24, 2.45) is 5.92 Å². The minimum Gasteiger partial charge on any atom is -0.360 e. The molecule has 2 aromatic rings. The van der Waals surface area contributed by atoms with Crippen molar-refractivity contribution in [3.63, 3.8) is 0 Å². The number of anilines is 1. The summed E-state index contributed by atoms with van der Waals surface area (Å²) in [5.74, 6) is -0.961. The lowest BCUT2D eigenvalue weighted by Crippen LogP contribution is -2.07. The molecule has 1 N–H and O–H groups in total. The molecule has 0 unspecified atom stereocenters. The van der Waals surface area contributed by atoms with Crippen molar-refractivity contribution in [1.82, 2.24) is 9.36 Å².